The van der Waals surface area contributed by atoms with Crippen molar-refractivity contribution >= 4 is 0 Å². The molecule has 0 amide bonds. The maximum absolute atomic E-state index is 6.34. The zero-order chi connectivity index (χ0) is 13.5. The molecule has 0 aliphatic heterocycles. The smallest absolute Gasteiger partial charge is 0.00446 e. The summed E-state index contributed by atoms with van der Waals surface area (Å²) < 4.78 is 0. The Balaban J connectivity index is 2.59. The molecule has 0 saturated heterocycles. The molecule has 2 nitrogen and oxygen atoms in total. The standard InChI is InChI=1S/C16H34N2/c1-12-8-6-4-5-7-9-13(2)16(14(3)17)11-15(18)10-12/h12-16H,4-11,17-18H2,1-3H3. The van der Waals surface area contributed by atoms with Crippen LogP contribution in [0, 0.1) is 17.8 Å². The van der Waals surface area contributed by atoms with Crippen LogP contribution in [0.5, 0.6) is 0 Å². The predicted molar refractivity (Wildman–Crippen MR) is 80.4 cm³/mol. The molecule has 1 fully saturated rings. The van der Waals surface area contributed by atoms with E-state index in [0.29, 0.717) is 12.0 Å². The van der Waals surface area contributed by atoms with Gasteiger partial charge >= 0.3 is 0 Å². The van der Waals surface area contributed by atoms with Crippen LogP contribution < -0.4 is 11.5 Å². The lowest BCUT2D eigenvalue weighted by atomic mass is 9.78. The maximum atomic E-state index is 6.34. The Hall–Kier alpha value is -0.0800. The summed E-state index contributed by atoms with van der Waals surface area (Å²) in [6.45, 7) is 6.88. The van der Waals surface area contributed by atoms with E-state index in [9.17, 15) is 0 Å². The van der Waals surface area contributed by atoms with Crippen molar-refractivity contribution in [2.24, 2.45) is 29.2 Å². The van der Waals surface area contributed by atoms with Gasteiger partial charge in [0.05, 0.1) is 0 Å². The molecule has 0 aromatic carbocycles. The van der Waals surface area contributed by atoms with Gasteiger partial charge in [0.25, 0.3) is 0 Å². The van der Waals surface area contributed by atoms with Crippen molar-refractivity contribution in [1.29, 1.82) is 0 Å². The van der Waals surface area contributed by atoms with Gasteiger partial charge in [-0.05, 0) is 37.5 Å². The van der Waals surface area contributed by atoms with Crippen LogP contribution in [0.3, 0.4) is 0 Å². The summed E-state index contributed by atoms with van der Waals surface area (Å²) in [5, 5.41) is 0. The average molecular weight is 254 g/mol. The van der Waals surface area contributed by atoms with Gasteiger partial charge < -0.3 is 11.5 Å². The first-order valence-electron chi connectivity index (χ1n) is 8.01. The molecule has 0 bridgehead atoms. The lowest BCUT2D eigenvalue weighted by Crippen LogP contribution is -2.37. The van der Waals surface area contributed by atoms with Crippen LogP contribution in [0.25, 0.3) is 0 Å². The molecule has 5 unspecified atom stereocenters. The molecule has 0 heterocycles. The number of nitrogens with two attached hydrogens (primary N) is 2. The lowest BCUT2D eigenvalue weighted by molar-refractivity contribution is 0.238. The molecule has 4 N–H and O–H groups in total. The van der Waals surface area contributed by atoms with E-state index in [-0.39, 0.29) is 6.04 Å². The predicted octanol–water partition coefficient (Wildman–Crippen LogP) is 3.68. The Morgan fingerprint density at radius 2 is 1.56 bits per heavy atom. The lowest BCUT2D eigenvalue weighted by Gasteiger charge is -2.31. The summed E-state index contributed by atoms with van der Waals surface area (Å²) in [5.41, 5.74) is 12.5. The van der Waals surface area contributed by atoms with Gasteiger partial charge in [0, 0.05) is 12.1 Å². The minimum atomic E-state index is 0.282. The molecule has 1 saturated carbocycles. The minimum Gasteiger partial charge on any atom is -0.328 e. The summed E-state index contributed by atoms with van der Waals surface area (Å²) >= 11 is 0. The third kappa shape index (κ3) is 5.71. The maximum Gasteiger partial charge on any atom is 0.00446 e. The van der Waals surface area contributed by atoms with Crippen molar-refractivity contribution in [3.8, 4) is 0 Å². The van der Waals surface area contributed by atoms with E-state index in [4.69, 9.17) is 11.5 Å². The van der Waals surface area contributed by atoms with Crippen molar-refractivity contribution in [3.05, 3.63) is 0 Å². The SMILES string of the molecule is CC1CCCCCCC(C)C(C(C)N)CC(N)C1. The Morgan fingerprint density at radius 3 is 2.17 bits per heavy atom. The highest BCUT2D eigenvalue weighted by molar-refractivity contribution is 4.80. The second kappa shape index (κ2) is 8.16. The van der Waals surface area contributed by atoms with Crippen molar-refractivity contribution in [3.63, 3.8) is 0 Å². The van der Waals surface area contributed by atoms with Crippen LogP contribution in [-0.4, -0.2) is 12.1 Å². The van der Waals surface area contributed by atoms with Crippen LogP contribution in [-0.2, 0) is 0 Å². The minimum absolute atomic E-state index is 0.282. The second-order valence-electron chi connectivity index (χ2n) is 6.83. The third-order valence-corrected chi connectivity index (χ3v) is 4.79. The molecule has 18 heavy (non-hydrogen) atoms. The van der Waals surface area contributed by atoms with Gasteiger partial charge in [-0.3, -0.25) is 0 Å². The van der Waals surface area contributed by atoms with Gasteiger partial charge in [0.1, 0.15) is 0 Å². The van der Waals surface area contributed by atoms with E-state index >= 15 is 0 Å². The molecular weight excluding hydrogens is 220 g/mol. The summed E-state index contributed by atoms with van der Waals surface area (Å²) in [6.07, 6.45) is 10.5. The molecule has 1 aliphatic rings. The Labute approximate surface area is 114 Å². The van der Waals surface area contributed by atoms with Crippen molar-refractivity contribution in [2.45, 2.75) is 84.2 Å². The van der Waals surface area contributed by atoms with Crippen LogP contribution in [0.2, 0.25) is 0 Å². The second-order valence-corrected chi connectivity index (χ2v) is 6.83. The highest BCUT2D eigenvalue weighted by Gasteiger charge is 2.24. The molecule has 0 aromatic heterocycles. The fourth-order valence-electron chi connectivity index (χ4n) is 3.57. The van der Waals surface area contributed by atoms with E-state index < -0.39 is 0 Å². The fourth-order valence-corrected chi connectivity index (χ4v) is 3.57. The number of hydrogen-bond donors (Lipinski definition) is 2. The van der Waals surface area contributed by atoms with Crippen molar-refractivity contribution < 1.29 is 0 Å². The van der Waals surface area contributed by atoms with Crippen LogP contribution in [0.4, 0.5) is 0 Å². The molecule has 1 aliphatic carbocycles. The Morgan fingerprint density at radius 1 is 0.944 bits per heavy atom. The summed E-state index contributed by atoms with van der Waals surface area (Å²) in [7, 11) is 0. The van der Waals surface area contributed by atoms with E-state index in [1.165, 1.54) is 44.9 Å². The first-order valence-corrected chi connectivity index (χ1v) is 8.01. The number of hydrogen-bond acceptors (Lipinski definition) is 2. The summed E-state index contributed by atoms with van der Waals surface area (Å²) in [4.78, 5) is 0. The normalized spacial score (nSPS) is 38.5. The van der Waals surface area contributed by atoms with Crippen LogP contribution in [0.1, 0.15) is 72.1 Å². The number of rotatable bonds is 1. The average Bonchev–Trinajstić information content (AvgIpc) is 2.28. The van der Waals surface area contributed by atoms with Gasteiger partial charge in [-0.1, -0.05) is 52.4 Å². The van der Waals surface area contributed by atoms with E-state index in [0.717, 1.165) is 18.3 Å². The van der Waals surface area contributed by atoms with Crippen LogP contribution in [0.15, 0.2) is 0 Å². The molecule has 0 spiro atoms. The highest BCUT2D eigenvalue weighted by Crippen LogP contribution is 2.28. The van der Waals surface area contributed by atoms with E-state index in [2.05, 4.69) is 20.8 Å². The van der Waals surface area contributed by atoms with E-state index in [1.807, 2.05) is 0 Å². The highest BCUT2D eigenvalue weighted by atomic mass is 14.7. The van der Waals surface area contributed by atoms with Gasteiger partial charge in [0.15, 0.2) is 0 Å². The third-order valence-electron chi connectivity index (χ3n) is 4.79. The zero-order valence-electron chi connectivity index (χ0n) is 12.7. The molecule has 108 valence electrons. The molecular formula is C16H34N2. The first-order chi connectivity index (χ1) is 8.50. The summed E-state index contributed by atoms with van der Waals surface area (Å²) in [5.74, 6) is 2.11. The zero-order valence-corrected chi connectivity index (χ0v) is 12.7. The summed E-state index contributed by atoms with van der Waals surface area (Å²) in [6, 6.07) is 0.627. The monoisotopic (exact) mass is 254 g/mol. The van der Waals surface area contributed by atoms with E-state index in [1.54, 1.807) is 0 Å². The van der Waals surface area contributed by atoms with Gasteiger partial charge in [-0.2, -0.15) is 0 Å². The Bertz CT molecular complexity index is 215. The quantitative estimate of drug-likeness (QED) is 0.750. The fraction of sp³-hybridized carbons (Fsp3) is 1.00. The van der Waals surface area contributed by atoms with Crippen molar-refractivity contribution in [2.75, 3.05) is 0 Å². The van der Waals surface area contributed by atoms with Crippen molar-refractivity contribution in [1.82, 2.24) is 0 Å². The molecule has 5 atom stereocenters. The van der Waals surface area contributed by atoms with Gasteiger partial charge in [-0.25, -0.2) is 0 Å². The van der Waals surface area contributed by atoms with Crippen LogP contribution >= 0.6 is 0 Å². The molecule has 0 aromatic rings. The molecule has 0 radical (unpaired) electrons. The molecule has 2 heteroatoms. The first kappa shape index (κ1) is 16.0. The Kier molecular flexibility index (Phi) is 7.25. The van der Waals surface area contributed by atoms with Gasteiger partial charge in [-0.15, -0.1) is 0 Å². The largest absolute Gasteiger partial charge is 0.328 e. The topological polar surface area (TPSA) is 52.0 Å². The van der Waals surface area contributed by atoms with Gasteiger partial charge in [0.2, 0.25) is 0 Å². The molecule has 1 rings (SSSR count).